The van der Waals surface area contributed by atoms with Crippen LogP contribution in [0.5, 0.6) is 0 Å². The number of fused-ring (bicyclic) bond motifs is 1. The van der Waals surface area contributed by atoms with Crippen LogP contribution in [0.1, 0.15) is 26.7 Å². The Labute approximate surface area is 124 Å². The SMILES string of the molecule is CC(C)(C)NCc1nc(-c2cccc3ccccc23)no1. The monoisotopic (exact) mass is 281 g/mol. The summed E-state index contributed by atoms with van der Waals surface area (Å²) in [4.78, 5) is 4.49. The predicted molar refractivity (Wildman–Crippen MR) is 83.8 cm³/mol. The zero-order valence-corrected chi connectivity index (χ0v) is 12.6. The van der Waals surface area contributed by atoms with E-state index in [-0.39, 0.29) is 5.54 Å². The van der Waals surface area contributed by atoms with Gasteiger partial charge in [-0.3, -0.25) is 0 Å². The van der Waals surface area contributed by atoms with E-state index in [1.165, 1.54) is 5.39 Å². The molecule has 1 aromatic heterocycles. The van der Waals surface area contributed by atoms with Gasteiger partial charge in [0.25, 0.3) is 0 Å². The molecule has 0 amide bonds. The second-order valence-electron chi connectivity index (χ2n) is 6.14. The van der Waals surface area contributed by atoms with Crippen LogP contribution in [-0.2, 0) is 6.54 Å². The lowest BCUT2D eigenvalue weighted by Gasteiger charge is -2.18. The maximum Gasteiger partial charge on any atom is 0.240 e. The summed E-state index contributed by atoms with van der Waals surface area (Å²) in [5, 5.41) is 9.77. The van der Waals surface area contributed by atoms with E-state index in [0.29, 0.717) is 18.3 Å². The fraction of sp³-hybridized carbons (Fsp3) is 0.294. The zero-order valence-electron chi connectivity index (χ0n) is 12.6. The highest BCUT2D eigenvalue weighted by Crippen LogP contribution is 2.26. The van der Waals surface area contributed by atoms with Gasteiger partial charge in [0.2, 0.25) is 11.7 Å². The second kappa shape index (κ2) is 5.30. The molecule has 1 N–H and O–H groups in total. The first-order valence-corrected chi connectivity index (χ1v) is 7.09. The number of hydrogen-bond donors (Lipinski definition) is 1. The first kappa shape index (κ1) is 13.8. The van der Waals surface area contributed by atoms with Crippen LogP contribution in [0.3, 0.4) is 0 Å². The van der Waals surface area contributed by atoms with Gasteiger partial charge >= 0.3 is 0 Å². The van der Waals surface area contributed by atoms with Crippen molar-refractivity contribution in [2.45, 2.75) is 32.9 Å². The molecule has 0 fully saturated rings. The van der Waals surface area contributed by atoms with Crippen LogP contribution in [0.25, 0.3) is 22.2 Å². The minimum Gasteiger partial charge on any atom is -0.338 e. The van der Waals surface area contributed by atoms with Crippen molar-refractivity contribution in [3.05, 3.63) is 48.4 Å². The van der Waals surface area contributed by atoms with Crippen molar-refractivity contribution in [1.29, 1.82) is 0 Å². The van der Waals surface area contributed by atoms with E-state index in [4.69, 9.17) is 4.52 Å². The van der Waals surface area contributed by atoms with Gasteiger partial charge in [-0.15, -0.1) is 0 Å². The lowest BCUT2D eigenvalue weighted by Crippen LogP contribution is -2.35. The molecule has 0 bridgehead atoms. The molecular weight excluding hydrogens is 262 g/mol. The summed E-state index contributed by atoms with van der Waals surface area (Å²) < 4.78 is 5.34. The Morgan fingerprint density at radius 1 is 1.05 bits per heavy atom. The number of rotatable bonds is 3. The van der Waals surface area contributed by atoms with E-state index in [9.17, 15) is 0 Å². The molecule has 0 saturated heterocycles. The van der Waals surface area contributed by atoms with Crippen molar-refractivity contribution in [2.24, 2.45) is 0 Å². The summed E-state index contributed by atoms with van der Waals surface area (Å²) in [6.45, 7) is 6.89. The molecule has 4 heteroatoms. The normalized spacial score (nSPS) is 12.0. The van der Waals surface area contributed by atoms with Gasteiger partial charge in [-0.2, -0.15) is 4.98 Å². The molecular formula is C17H19N3O. The van der Waals surface area contributed by atoms with Crippen LogP contribution >= 0.6 is 0 Å². The fourth-order valence-electron chi connectivity index (χ4n) is 2.20. The Morgan fingerprint density at radius 2 is 1.81 bits per heavy atom. The van der Waals surface area contributed by atoms with Crippen molar-refractivity contribution >= 4 is 10.8 Å². The van der Waals surface area contributed by atoms with E-state index in [1.807, 2.05) is 24.3 Å². The van der Waals surface area contributed by atoms with Crippen molar-refractivity contribution in [1.82, 2.24) is 15.5 Å². The summed E-state index contributed by atoms with van der Waals surface area (Å²) in [6.07, 6.45) is 0. The third-order valence-electron chi connectivity index (χ3n) is 3.27. The lowest BCUT2D eigenvalue weighted by molar-refractivity contribution is 0.336. The molecule has 108 valence electrons. The number of hydrogen-bond acceptors (Lipinski definition) is 4. The topological polar surface area (TPSA) is 51.0 Å². The number of nitrogens with one attached hydrogen (secondary N) is 1. The molecule has 0 spiro atoms. The molecule has 4 nitrogen and oxygen atoms in total. The summed E-state index contributed by atoms with van der Waals surface area (Å²) >= 11 is 0. The average molecular weight is 281 g/mol. The molecule has 0 atom stereocenters. The number of aromatic nitrogens is 2. The first-order chi connectivity index (χ1) is 10.0. The highest BCUT2D eigenvalue weighted by atomic mass is 16.5. The van der Waals surface area contributed by atoms with E-state index in [1.54, 1.807) is 0 Å². The Kier molecular flexibility index (Phi) is 3.47. The standard InChI is InChI=1S/C17H19N3O/c1-17(2,3)18-11-15-19-16(20-21-15)14-10-6-8-12-7-4-5-9-13(12)14/h4-10,18H,11H2,1-3H3. The van der Waals surface area contributed by atoms with Crippen LogP contribution in [0, 0.1) is 0 Å². The highest BCUT2D eigenvalue weighted by Gasteiger charge is 2.14. The van der Waals surface area contributed by atoms with E-state index < -0.39 is 0 Å². The van der Waals surface area contributed by atoms with Gasteiger partial charge in [0, 0.05) is 11.1 Å². The summed E-state index contributed by atoms with van der Waals surface area (Å²) in [5.74, 6) is 1.24. The van der Waals surface area contributed by atoms with Gasteiger partial charge in [0.1, 0.15) is 0 Å². The van der Waals surface area contributed by atoms with Crippen LogP contribution in [0.2, 0.25) is 0 Å². The Hall–Kier alpha value is -2.20. The van der Waals surface area contributed by atoms with Crippen LogP contribution in [-0.4, -0.2) is 15.7 Å². The summed E-state index contributed by atoms with van der Waals surface area (Å²) in [6, 6.07) is 14.3. The van der Waals surface area contributed by atoms with Gasteiger partial charge in [0.05, 0.1) is 6.54 Å². The molecule has 1 heterocycles. The van der Waals surface area contributed by atoms with Gasteiger partial charge in [-0.1, -0.05) is 47.6 Å². The lowest BCUT2D eigenvalue weighted by atomic mass is 10.0. The van der Waals surface area contributed by atoms with Crippen molar-refractivity contribution in [3.8, 4) is 11.4 Å². The van der Waals surface area contributed by atoms with Gasteiger partial charge in [-0.25, -0.2) is 0 Å². The second-order valence-corrected chi connectivity index (χ2v) is 6.14. The van der Waals surface area contributed by atoms with Gasteiger partial charge in [-0.05, 0) is 31.5 Å². The van der Waals surface area contributed by atoms with Crippen LogP contribution in [0.15, 0.2) is 47.0 Å². The third-order valence-corrected chi connectivity index (χ3v) is 3.27. The zero-order chi connectivity index (χ0) is 14.9. The molecule has 0 aliphatic heterocycles. The molecule has 2 aromatic carbocycles. The average Bonchev–Trinajstić information content (AvgIpc) is 2.92. The summed E-state index contributed by atoms with van der Waals surface area (Å²) in [5.41, 5.74) is 1.02. The van der Waals surface area contributed by atoms with E-state index in [0.717, 1.165) is 10.9 Å². The van der Waals surface area contributed by atoms with Crippen molar-refractivity contribution < 1.29 is 4.52 Å². The molecule has 3 aromatic rings. The smallest absolute Gasteiger partial charge is 0.240 e. The first-order valence-electron chi connectivity index (χ1n) is 7.09. The minimum atomic E-state index is 0.0219. The van der Waals surface area contributed by atoms with Crippen molar-refractivity contribution in [3.63, 3.8) is 0 Å². The Balaban J connectivity index is 1.92. The molecule has 0 unspecified atom stereocenters. The minimum absolute atomic E-state index is 0.0219. The quantitative estimate of drug-likeness (QED) is 0.793. The molecule has 21 heavy (non-hydrogen) atoms. The largest absolute Gasteiger partial charge is 0.338 e. The van der Waals surface area contributed by atoms with Crippen LogP contribution < -0.4 is 5.32 Å². The fourth-order valence-corrected chi connectivity index (χ4v) is 2.20. The Bertz CT molecular complexity index is 751. The van der Waals surface area contributed by atoms with Crippen molar-refractivity contribution in [2.75, 3.05) is 0 Å². The Morgan fingerprint density at radius 3 is 2.62 bits per heavy atom. The predicted octanol–water partition coefficient (Wildman–Crippen LogP) is 3.78. The van der Waals surface area contributed by atoms with Crippen LogP contribution in [0.4, 0.5) is 0 Å². The maximum atomic E-state index is 5.34. The van der Waals surface area contributed by atoms with E-state index >= 15 is 0 Å². The van der Waals surface area contributed by atoms with E-state index in [2.05, 4.69) is 54.4 Å². The highest BCUT2D eigenvalue weighted by molar-refractivity contribution is 5.94. The molecule has 0 saturated carbocycles. The van der Waals surface area contributed by atoms with Gasteiger partial charge < -0.3 is 9.84 Å². The molecule has 0 aliphatic rings. The molecule has 0 radical (unpaired) electrons. The molecule has 0 aliphatic carbocycles. The third kappa shape index (κ3) is 3.11. The number of benzene rings is 2. The summed E-state index contributed by atoms with van der Waals surface area (Å²) in [7, 11) is 0. The molecule has 3 rings (SSSR count). The van der Waals surface area contributed by atoms with Gasteiger partial charge in [0.15, 0.2) is 0 Å². The number of nitrogens with zero attached hydrogens (tertiary/aromatic N) is 2. The maximum absolute atomic E-state index is 5.34.